The largest absolute Gasteiger partial charge is 0.484 e. The Morgan fingerprint density at radius 1 is 1.00 bits per heavy atom. The maximum absolute atomic E-state index is 13.4. The van der Waals surface area contributed by atoms with E-state index in [-0.39, 0.29) is 31.2 Å². The van der Waals surface area contributed by atoms with Crippen molar-refractivity contribution in [2.75, 3.05) is 19.7 Å². The number of hydrogen-bond acceptors (Lipinski definition) is 3. The molecule has 2 aromatic carbocycles. The average molecular weight is 348 g/mol. The number of carbonyl (C=O) groups excluding carboxylic acids is 2. The van der Waals surface area contributed by atoms with Crippen molar-refractivity contribution < 1.29 is 23.1 Å². The second kappa shape index (κ2) is 8.77. The molecule has 0 bridgehead atoms. The van der Waals surface area contributed by atoms with Crippen LogP contribution in [0.4, 0.5) is 8.78 Å². The van der Waals surface area contributed by atoms with Crippen LogP contribution in [0, 0.1) is 18.6 Å². The van der Waals surface area contributed by atoms with Crippen LogP contribution < -0.4 is 15.4 Å². The highest BCUT2D eigenvalue weighted by Gasteiger charge is 2.12. The van der Waals surface area contributed by atoms with Gasteiger partial charge in [0.05, 0.1) is 5.56 Å². The van der Waals surface area contributed by atoms with Gasteiger partial charge in [-0.15, -0.1) is 0 Å². The summed E-state index contributed by atoms with van der Waals surface area (Å²) in [4.78, 5) is 23.4. The number of halogens is 2. The van der Waals surface area contributed by atoms with Crippen LogP contribution in [0.15, 0.2) is 42.5 Å². The average Bonchev–Trinajstić information content (AvgIpc) is 2.58. The smallest absolute Gasteiger partial charge is 0.258 e. The lowest BCUT2D eigenvalue weighted by atomic mass is 10.2. The molecule has 0 atom stereocenters. The van der Waals surface area contributed by atoms with Gasteiger partial charge in [-0.3, -0.25) is 9.59 Å². The lowest BCUT2D eigenvalue weighted by molar-refractivity contribution is -0.123. The monoisotopic (exact) mass is 348 g/mol. The first-order chi connectivity index (χ1) is 12.0. The van der Waals surface area contributed by atoms with Crippen molar-refractivity contribution >= 4 is 11.8 Å². The molecular weight excluding hydrogens is 330 g/mol. The number of carbonyl (C=O) groups is 2. The van der Waals surface area contributed by atoms with Crippen LogP contribution in [0.2, 0.25) is 0 Å². The molecule has 5 nitrogen and oxygen atoms in total. The predicted molar refractivity (Wildman–Crippen MR) is 88.4 cm³/mol. The first-order valence-electron chi connectivity index (χ1n) is 7.65. The standard InChI is InChI=1S/C18H18F2N2O3/c1-12-2-5-14(6-3-12)25-11-17(23)21-8-9-22-18(24)15-7-4-13(19)10-16(15)20/h2-7,10H,8-9,11H2,1H3,(H,21,23)(H,22,24). The SMILES string of the molecule is Cc1ccc(OCC(=O)NCCNC(=O)c2ccc(F)cc2F)cc1. The lowest BCUT2D eigenvalue weighted by Gasteiger charge is -2.09. The molecule has 7 heteroatoms. The van der Waals surface area contributed by atoms with Crippen molar-refractivity contribution in [3.05, 3.63) is 65.2 Å². The minimum Gasteiger partial charge on any atom is -0.484 e. The van der Waals surface area contributed by atoms with Crippen LogP contribution >= 0.6 is 0 Å². The summed E-state index contributed by atoms with van der Waals surface area (Å²) in [5.41, 5.74) is 0.834. The topological polar surface area (TPSA) is 67.4 Å². The van der Waals surface area contributed by atoms with Gasteiger partial charge in [-0.05, 0) is 31.2 Å². The summed E-state index contributed by atoms with van der Waals surface area (Å²) < 4.78 is 31.5. The Bertz CT molecular complexity index is 748. The molecule has 0 spiro atoms. The van der Waals surface area contributed by atoms with E-state index in [9.17, 15) is 18.4 Å². The van der Waals surface area contributed by atoms with E-state index in [1.807, 2.05) is 19.1 Å². The van der Waals surface area contributed by atoms with Crippen molar-refractivity contribution in [1.82, 2.24) is 10.6 Å². The Balaban J connectivity index is 1.67. The van der Waals surface area contributed by atoms with E-state index in [1.54, 1.807) is 12.1 Å². The number of nitrogens with one attached hydrogen (secondary N) is 2. The van der Waals surface area contributed by atoms with Gasteiger partial charge in [-0.25, -0.2) is 8.78 Å². The van der Waals surface area contributed by atoms with Gasteiger partial charge in [0.1, 0.15) is 17.4 Å². The van der Waals surface area contributed by atoms with Crippen molar-refractivity contribution in [2.45, 2.75) is 6.92 Å². The van der Waals surface area contributed by atoms with Crippen LogP contribution in [0.1, 0.15) is 15.9 Å². The summed E-state index contributed by atoms with van der Waals surface area (Å²) in [6, 6.07) is 9.98. The van der Waals surface area contributed by atoms with E-state index in [0.717, 1.165) is 17.7 Å². The first kappa shape index (κ1) is 18.4. The van der Waals surface area contributed by atoms with Gasteiger partial charge >= 0.3 is 0 Å². The van der Waals surface area contributed by atoms with Gasteiger partial charge in [0.2, 0.25) is 0 Å². The molecule has 2 amide bonds. The van der Waals surface area contributed by atoms with Gasteiger partial charge in [0.25, 0.3) is 11.8 Å². The predicted octanol–water partition coefficient (Wildman–Crippen LogP) is 2.20. The molecule has 0 aliphatic rings. The fourth-order valence-corrected chi connectivity index (χ4v) is 1.98. The van der Waals surface area contributed by atoms with Crippen molar-refractivity contribution in [3.63, 3.8) is 0 Å². The Morgan fingerprint density at radius 2 is 1.68 bits per heavy atom. The summed E-state index contributed by atoms with van der Waals surface area (Å²) in [6.45, 7) is 2.06. The van der Waals surface area contributed by atoms with Gasteiger partial charge in [-0.1, -0.05) is 17.7 Å². The van der Waals surface area contributed by atoms with Gasteiger partial charge in [0, 0.05) is 19.2 Å². The molecule has 0 saturated heterocycles. The van der Waals surface area contributed by atoms with Gasteiger partial charge in [0.15, 0.2) is 6.61 Å². The number of rotatable bonds is 7. The highest BCUT2D eigenvalue weighted by Crippen LogP contribution is 2.11. The molecule has 0 unspecified atom stereocenters. The molecule has 0 saturated carbocycles. The number of hydrogen-bond donors (Lipinski definition) is 2. The number of amides is 2. The summed E-state index contributed by atoms with van der Waals surface area (Å²) in [7, 11) is 0. The van der Waals surface area contributed by atoms with E-state index in [2.05, 4.69) is 10.6 Å². The second-order valence-corrected chi connectivity index (χ2v) is 5.33. The van der Waals surface area contributed by atoms with Crippen molar-refractivity contribution in [3.8, 4) is 5.75 Å². The third-order valence-corrected chi connectivity index (χ3v) is 3.30. The molecule has 0 heterocycles. The zero-order valence-corrected chi connectivity index (χ0v) is 13.6. The number of benzene rings is 2. The molecular formula is C18H18F2N2O3. The quantitative estimate of drug-likeness (QED) is 0.754. The maximum Gasteiger partial charge on any atom is 0.258 e. The van der Waals surface area contributed by atoms with E-state index < -0.39 is 17.5 Å². The molecule has 0 aromatic heterocycles. The normalized spacial score (nSPS) is 10.2. The van der Waals surface area contributed by atoms with Gasteiger partial charge in [-0.2, -0.15) is 0 Å². The second-order valence-electron chi connectivity index (χ2n) is 5.33. The summed E-state index contributed by atoms with van der Waals surface area (Å²) in [5, 5.41) is 5.00. The zero-order valence-electron chi connectivity index (χ0n) is 13.6. The summed E-state index contributed by atoms with van der Waals surface area (Å²) >= 11 is 0. The van der Waals surface area contributed by atoms with Crippen molar-refractivity contribution in [1.29, 1.82) is 0 Å². The van der Waals surface area contributed by atoms with Gasteiger partial charge < -0.3 is 15.4 Å². The summed E-state index contributed by atoms with van der Waals surface area (Å²) in [6.07, 6.45) is 0. The van der Waals surface area contributed by atoms with Crippen LogP contribution in [0.25, 0.3) is 0 Å². The number of ether oxygens (including phenoxy) is 1. The minimum atomic E-state index is -0.937. The number of aryl methyl sites for hydroxylation is 1. The van der Waals surface area contributed by atoms with Crippen LogP contribution in [-0.2, 0) is 4.79 Å². The van der Waals surface area contributed by atoms with Crippen LogP contribution in [0.3, 0.4) is 0 Å². The third kappa shape index (κ3) is 5.87. The zero-order chi connectivity index (χ0) is 18.2. The Labute approximate surface area is 144 Å². The van der Waals surface area contributed by atoms with Crippen LogP contribution in [0.5, 0.6) is 5.75 Å². The van der Waals surface area contributed by atoms with Crippen molar-refractivity contribution in [2.24, 2.45) is 0 Å². The van der Waals surface area contributed by atoms with Crippen LogP contribution in [-0.4, -0.2) is 31.5 Å². The van der Waals surface area contributed by atoms with E-state index in [0.29, 0.717) is 11.8 Å². The first-order valence-corrected chi connectivity index (χ1v) is 7.65. The molecule has 2 aromatic rings. The lowest BCUT2D eigenvalue weighted by Crippen LogP contribution is -2.37. The van der Waals surface area contributed by atoms with E-state index in [1.165, 1.54) is 0 Å². The van der Waals surface area contributed by atoms with E-state index >= 15 is 0 Å². The molecule has 0 aliphatic carbocycles. The summed E-state index contributed by atoms with van der Waals surface area (Å²) in [5.74, 6) is -2.13. The maximum atomic E-state index is 13.4. The molecule has 0 aliphatic heterocycles. The highest BCUT2D eigenvalue weighted by molar-refractivity contribution is 5.94. The minimum absolute atomic E-state index is 0.103. The Kier molecular flexibility index (Phi) is 6.45. The molecule has 2 rings (SSSR count). The molecule has 2 N–H and O–H groups in total. The Hall–Kier alpha value is -2.96. The highest BCUT2D eigenvalue weighted by atomic mass is 19.1. The fraction of sp³-hybridized carbons (Fsp3) is 0.222. The fourth-order valence-electron chi connectivity index (χ4n) is 1.98. The molecule has 132 valence electrons. The van der Waals surface area contributed by atoms with E-state index in [4.69, 9.17) is 4.74 Å². The molecule has 0 fully saturated rings. The molecule has 25 heavy (non-hydrogen) atoms. The third-order valence-electron chi connectivity index (χ3n) is 3.30. The Morgan fingerprint density at radius 3 is 2.36 bits per heavy atom. The molecule has 0 radical (unpaired) electrons.